The maximum atomic E-state index is 13.5. The minimum atomic E-state index is -0.500. The molecule has 2 saturated carbocycles. The zero-order valence-corrected chi connectivity index (χ0v) is 21.4. The second kappa shape index (κ2) is 11.8. The largest absolute Gasteiger partial charge is 0.354 e. The summed E-state index contributed by atoms with van der Waals surface area (Å²) in [6.45, 7) is 7.46. The van der Waals surface area contributed by atoms with Crippen molar-refractivity contribution in [2.45, 2.75) is 83.3 Å². The lowest BCUT2D eigenvalue weighted by atomic mass is 9.82. The molecule has 35 heavy (non-hydrogen) atoms. The minimum Gasteiger partial charge on any atom is -0.354 e. The Bertz CT molecular complexity index is 849. The van der Waals surface area contributed by atoms with E-state index in [1.807, 2.05) is 0 Å². The summed E-state index contributed by atoms with van der Waals surface area (Å²) in [5.74, 6) is 1.05. The van der Waals surface area contributed by atoms with Crippen molar-refractivity contribution >= 4 is 11.8 Å². The standard InChI is InChI=1S/C28H43FN4O2/c1-19(2)18-33(24-11-12-24)25-13-14-32(28(35)22-7-9-23(29)10-8-22)26(15-25)27(34)31-17-21-5-3-20(16-30)4-6-21/h7-10,19-21,24-26H,3-6,11-18,30H2,1-2H3,(H,31,34)/t20?,21?,25?,26-/m1/s1. The minimum absolute atomic E-state index is 0.0496. The van der Waals surface area contributed by atoms with E-state index in [-0.39, 0.29) is 17.6 Å². The molecule has 6 nitrogen and oxygen atoms in total. The van der Waals surface area contributed by atoms with Crippen LogP contribution in [0.15, 0.2) is 24.3 Å². The summed E-state index contributed by atoms with van der Waals surface area (Å²) in [7, 11) is 0. The van der Waals surface area contributed by atoms with Crippen LogP contribution in [0.3, 0.4) is 0 Å². The molecule has 0 aromatic heterocycles. The molecule has 3 fully saturated rings. The summed E-state index contributed by atoms with van der Waals surface area (Å²) in [6.07, 6.45) is 8.42. The van der Waals surface area contributed by atoms with E-state index in [0.717, 1.165) is 45.2 Å². The van der Waals surface area contributed by atoms with Gasteiger partial charge in [-0.25, -0.2) is 4.39 Å². The molecule has 2 amide bonds. The van der Waals surface area contributed by atoms with Crippen molar-refractivity contribution in [3.05, 3.63) is 35.6 Å². The topological polar surface area (TPSA) is 78.7 Å². The fourth-order valence-corrected chi connectivity index (χ4v) is 5.96. The van der Waals surface area contributed by atoms with Crippen molar-refractivity contribution in [1.82, 2.24) is 15.1 Å². The maximum Gasteiger partial charge on any atom is 0.254 e. The van der Waals surface area contributed by atoms with E-state index in [1.54, 1.807) is 4.90 Å². The Balaban J connectivity index is 1.45. The van der Waals surface area contributed by atoms with Crippen molar-refractivity contribution in [1.29, 1.82) is 0 Å². The third-order valence-corrected chi connectivity index (χ3v) is 8.15. The van der Waals surface area contributed by atoms with Crippen LogP contribution in [-0.4, -0.2) is 65.9 Å². The second-order valence-corrected chi connectivity index (χ2v) is 11.4. The number of hydrogen-bond donors (Lipinski definition) is 2. The molecule has 2 aliphatic carbocycles. The summed E-state index contributed by atoms with van der Waals surface area (Å²) < 4.78 is 13.4. The fourth-order valence-electron chi connectivity index (χ4n) is 5.96. The molecule has 7 heteroatoms. The van der Waals surface area contributed by atoms with Gasteiger partial charge < -0.3 is 16.0 Å². The molecule has 3 N–H and O–H groups in total. The molecule has 1 saturated heterocycles. The van der Waals surface area contributed by atoms with E-state index in [9.17, 15) is 14.0 Å². The number of nitrogens with one attached hydrogen (secondary N) is 1. The lowest BCUT2D eigenvalue weighted by Gasteiger charge is -2.43. The van der Waals surface area contributed by atoms with Crippen LogP contribution in [0.25, 0.3) is 0 Å². The highest BCUT2D eigenvalue weighted by atomic mass is 19.1. The first kappa shape index (κ1) is 26.1. The molecule has 0 radical (unpaired) electrons. The molecule has 4 rings (SSSR count). The molecular formula is C28H43FN4O2. The number of piperidine rings is 1. The molecule has 1 aliphatic heterocycles. The number of hydrogen-bond acceptors (Lipinski definition) is 4. The smallest absolute Gasteiger partial charge is 0.254 e. The van der Waals surface area contributed by atoms with Gasteiger partial charge in [0.15, 0.2) is 0 Å². The van der Waals surface area contributed by atoms with Crippen LogP contribution >= 0.6 is 0 Å². The number of rotatable bonds is 9. The molecule has 1 aromatic carbocycles. The highest BCUT2D eigenvalue weighted by Crippen LogP contribution is 2.34. The predicted molar refractivity (Wildman–Crippen MR) is 136 cm³/mol. The van der Waals surface area contributed by atoms with Gasteiger partial charge in [-0.1, -0.05) is 13.8 Å². The summed E-state index contributed by atoms with van der Waals surface area (Å²) in [6, 6.07) is 6.07. The Morgan fingerprint density at radius 1 is 1.03 bits per heavy atom. The average Bonchev–Trinajstić information content (AvgIpc) is 3.71. The number of halogens is 1. The Kier molecular flexibility index (Phi) is 8.82. The van der Waals surface area contributed by atoms with Crippen molar-refractivity contribution in [2.75, 3.05) is 26.2 Å². The van der Waals surface area contributed by atoms with Gasteiger partial charge in [0.05, 0.1) is 0 Å². The van der Waals surface area contributed by atoms with Crippen LogP contribution in [0.2, 0.25) is 0 Å². The number of nitrogens with two attached hydrogens (primary N) is 1. The zero-order valence-electron chi connectivity index (χ0n) is 21.4. The number of benzene rings is 1. The predicted octanol–water partition coefficient (Wildman–Crippen LogP) is 3.80. The van der Waals surface area contributed by atoms with Gasteiger partial charge in [-0.2, -0.15) is 0 Å². The maximum absolute atomic E-state index is 13.5. The van der Waals surface area contributed by atoms with Gasteiger partial charge in [-0.3, -0.25) is 14.5 Å². The highest BCUT2D eigenvalue weighted by Gasteiger charge is 2.42. The second-order valence-electron chi connectivity index (χ2n) is 11.4. The van der Waals surface area contributed by atoms with E-state index in [4.69, 9.17) is 5.73 Å². The van der Waals surface area contributed by atoms with E-state index in [2.05, 4.69) is 24.1 Å². The van der Waals surface area contributed by atoms with Gasteiger partial charge in [0.1, 0.15) is 11.9 Å². The van der Waals surface area contributed by atoms with Crippen molar-refractivity contribution in [2.24, 2.45) is 23.5 Å². The Morgan fingerprint density at radius 2 is 1.69 bits per heavy atom. The zero-order chi connectivity index (χ0) is 24.9. The van der Waals surface area contributed by atoms with Gasteiger partial charge in [-0.15, -0.1) is 0 Å². The lowest BCUT2D eigenvalue weighted by Crippen LogP contribution is -2.58. The van der Waals surface area contributed by atoms with Gasteiger partial charge in [0, 0.05) is 37.3 Å². The van der Waals surface area contributed by atoms with Crippen LogP contribution in [0.1, 0.15) is 75.6 Å². The Hall–Kier alpha value is -1.99. The molecule has 1 aromatic rings. The third kappa shape index (κ3) is 6.82. The summed E-state index contributed by atoms with van der Waals surface area (Å²) in [5.41, 5.74) is 6.26. The number of nitrogens with zero attached hydrogens (tertiary/aromatic N) is 2. The van der Waals surface area contributed by atoms with E-state index in [0.29, 0.717) is 54.9 Å². The Morgan fingerprint density at radius 3 is 2.29 bits per heavy atom. The van der Waals surface area contributed by atoms with Gasteiger partial charge >= 0.3 is 0 Å². The number of amides is 2. The molecule has 0 spiro atoms. The van der Waals surface area contributed by atoms with Crippen LogP contribution in [-0.2, 0) is 4.79 Å². The first-order chi connectivity index (χ1) is 16.9. The van der Waals surface area contributed by atoms with Gasteiger partial charge in [0.2, 0.25) is 5.91 Å². The number of carbonyl (C=O) groups excluding carboxylic acids is 2. The Labute approximate surface area is 209 Å². The summed E-state index contributed by atoms with van der Waals surface area (Å²) >= 11 is 0. The first-order valence-electron chi connectivity index (χ1n) is 13.7. The van der Waals surface area contributed by atoms with E-state index < -0.39 is 6.04 Å². The third-order valence-electron chi connectivity index (χ3n) is 8.15. The summed E-state index contributed by atoms with van der Waals surface area (Å²) in [4.78, 5) is 31.3. The molecule has 0 bridgehead atoms. The monoisotopic (exact) mass is 486 g/mol. The molecule has 194 valence electrons. The first-order valence-corrected chi connectivity index (χ1v) is 13.7. The van der Waals surface area contributed by atoms with Crippen LogP contribution in [0, 0.1) is 23.6 Å². The van der Waals surface area contributed by atoms with E-state index >= 15 is 0 Å². The normalized spacial score (nSPS) is 27.3. The van der Waals surface area contributed by atoms with Crippen LogP contribution < -0.4 is 11.1 Å². The van der Waals surface area contributed by atoms with Crippen molar-refractivity contribution in [3.8, 4) is 0 Å². The SMILES string of the molecule is CC(C)CN(C1CC1)C1CCN(C(=O)c2ccc(F)cc2)[C@@H](C(=O)NCC2CCC(CN)CC2)C1. The number of likely N-dealkylation sites (tertiary alicyclic amines) is 1. The quantitative estimate of drug-likeness (QED) is 0.557. The van der Waals surface area contributed by atoms with Crippen molar-refractivity contribution in [3.63, 3.8) is 0 Å². The highest BCUT2D eigenvalue weighted by molar-refractivity contribution is 5.97. The molecule has 1 heterocycles. The molecular weight excluding hydrogens is 443 g/mol. The van der Waals surface area contributed by atoms with Crippen LogP contribution in [0.5, 0.6) is 0 Å². The van der Waals surface area contributed by atoms with Gasteiger partial charge in [-0.05, 0) is 99.9 Å². The molecule has 3 aliphatic rings. The van der Waals surface area contributed by atoms with Crippen molar-refractivity contribution < 1.29 is 14.0 Å². The summed E-state index contributed by atoms with van der Waals surface area (Å²) in [5, 5.41) is 3.20. The van der Waals surface area contributed by atoms with Gasteiger partial charge in [0.25, 0.3) is 5.91 Å². The molecule has 1 unspecified atom stereocenters. The molecule has 2 atom stereocenters. The van der Waals surface area contributed by atoms with Crippen LogP contribution in [0.4, 0.5) is 4.39 Å². The van der Waals surface area contributed by atoms with E-state index in [1.165, 1.54) is 37.1 Å². The average molecular weight is 487 g/mol. The number of carbonyl (C=O) groups is 2. The lowest BCUT2D eigenvalue weighted by molar-refractivity contribution is -0.128. The fraction of sp³-hybridized carbons (Fsp3) is 0.714.